The Kier molecular flexibility index (Phi) is 5.25. The first-order valence-electron chi connectivity index (χ1n) is 9.18. The van der Waals surface area contributed by atoms with E-state index in [0.717, 1.165) is 9.86 Å². The molecule has 8 heteroatoms. The van der Waals surface area contributed by atoms with Gasteiger partial charge in [0.25, 0.3) is 5.91 Å². The minimum absolute atomic E-state index is 0.0186. The number of carbonyl (C=O) groups is 1. The maximum Gasteiger partial charge on any atom is 0.290 e. The van der Waals surface area contributed by atoms with Gasteiger partial charge in [0.15, 0.2) is 15.6 Å². The summed E-state index contributed by atoms with van der Waals surface area (Å²) in [6, 6.07) is 11.1. The molecule has 2 heterocycles. The molecular formula is C21H19BrFNO4S. The molecule has 0 aliphatic carbocycles. The van der Waals surface area contributed by atoms with Crippen LogP contribution in [0.2, 0.25) is 0 Å². The molecule has 0 radical (unpaired) electrons. The quantitative estimate of drug-likeness (QED) is 0.553. The molecular weight excluding hydrogens is 461 g/mol. The van der Waals surface area contributed by atoms with Gasteiger partial charge in [0.05, 0.1) is 11.5 Å². The average Bonchev–Trinajstić information content (AvgIpc) is 3.20. The van der Waals surface area contributed by atoms with E-state index < -0.39 is 27.6 Å². The standard InChI is InChI=1S/C21H19BrFNO4S/c1-13-17-10-15(22)6-7-19(17)28-20(13)21(25)24(16-8-9-29(26,27)12-16)11-14-4-2-3-5-18(14)23/h2-7,10,16H,8-9,11-12H2,1H3/t16-/m1/s1. The molecule has 0 N–H and O–H groups in total. The van der Waals surface area contributed by atoms with Crippen LogP contribution in [0, 0.1) is 12.7 Å². The molecule has 1 aromatic heterocycles. The molecule has 0 spiro atoms. The molecule has 29 heavy (non-hydrogen) atoms. The number of rotatable bonds is 4. The monoisotopic (exact) mass is 479 g/mol. The number of amides is 1. The Morgan fingerprint density at radius 2 is 2.03 bits per heavy atom. The minimum Gasteiger partial charge on any atom is -0.451 e. The summed E-state index contributed by atoms with van der Waals surface area (Å²) < 4.78 is 45.0. The zero-order valence-electron chi connectivity index (χ0n) is 15.7. The summed E-state index contributed by atoms with van der Waals surface area (Å²) in [6.45, 7) is 1.77. The predicted molar refractivity (Wildman–Crippen MR) is 112 cm³/mol. The van der Waals surface area contributed by atoms with Crippen molar-refractivity contribution in [2.45, 2.75) is 25.9 Å². The lowest BCUT2D eigenvalue weighted by atomic mass is 10.1. The number of sulfone groups is 1. The van der Waals surface area contributed by atoms with Crippen molar-refractivity contribution < 1.29 is 22.0 Å². The molecule has 0 bridgehead atoms. The second-order valence-corrected chi connectivity index (χ2v) is 10.4. The summed E-state index contributed by atoms with van der Waals surface area (Å²) in [5.41, 5.74) is 1.58. The molecule has 152 valence electrons. The van der Waals surface area contributed by atoms with E-state index in [1.165, 1.54) is 11.0 Å². The fourth-order valence-corrected chi connectivity index (χ4v) is 5.82. The average molecular weight is 480 g/mol. The highest BCUT2D eigenvalue weighted by Crippen LogP contribution is 2.31. The lowest BCUT2D eigenvalue weighted by molar-refractivity contribution is 0.0647. The van der Waals surface area contributed by atoms with Crippen LogP contribution in [0.25, 0.3) is 11.0 Å². The van der Waals surface area contributed by atoms with Crippen molar-refractivity contribution in [3.63, 3.8) is 0 Å². The van der Waals surface area contributed by atoms with Crippen molar-refractivity contribution in [1.29, 1.82) is 0 Å². The van der Waals surface area contributed by atoms with Crippen LogP contribution in [-0.2, 0) is 16.4 Å². The summed E-state index contributed by atoms with van der Waals surface area (Å²) in [5.74, 6) is -0.821. The van der Waals surface area contributed by atoms with Gasteiger partial charge in [-0.2, -0.15) is 0 Å². The molecule has 3 aromatic rings. The van der Waals surface area contributed by atoms with Gasteiger partial charge in [0, 0.05) is 33.6 Å². The Labute approximate surface area is 176 Å². The zero-order valence-corrected chi connectivity index (χ0v) is 18.1. The fraction of sp³-hybridized carbons (Fsp3) is 0.286. The van der Waals surface area contributed by atoms with Gasteiger partial charge in [-0.3, -0.25) is 4.79 Å². The minimum atomic E-state index is -3.22. The number of hydrogen-bond donors (Lipinski definition) is 0. The van der Waals surface area contributed by atoms with Crippen molar-refractivity contribution >= 4 is 42.6 Å². The second kappa shape index (κ2) is 7.57. The Balaban J connectivity index is 1.75. The highest BCUT2D eigenvalue weighted by Gasteiger charge is 2.37. The van der Waals surface area contributed by atoms with Gasteiger partial charge in [-0.05, 0) is 37.6 Å². The van der Waals surface area contributed by atoms with E-state index in [2.05, 4.69) is 15.9 Å². The summed E-state index contributed by atoms with van der Waals surface area (Å²) in [5, 5.41) is 0.799. The van der Waals surface area contributed by atoms with Crippen LogP contribution in [0.3, 0.4) is 0 Å². The second-order valence-electron chi connectivity index (χ2n) is 7.28. The van der Waals surface area contributed by atoms with E-state index in [1.807, 2.05) is 12.1 Å². The topological polar surface area (TPSA) is 67.6 Å². The molecule has 4 rings (SSSR count). The number of halogens is 2. The third-order valence-electron chi connectivity index (χ3n) is 5.30. The number of nitrogens with zero attached hydrogens (tertiary/aromatic N) is 1. The molecule has 2 aromatic carbocycles. The van der Waals surface area contributed by atoms with Gasteiger partial charge in [-0.25, -0.2) is 12.8 Å². The third kappa shape index (κ3) is 3.96. The molecule has 1 fully saturated rings. The number of furan rings is 1. The first-order chi connectivity index (χ1) is 13.7. The predicted octanol–water partition coefficient (Wildman–Crippen LogP) is 4.47. The van der Waals surface area contributed by atoms with Crippen molar-refractivity contribution in [2.24, 2.45) is 0 Å². The molecule has 1 atom stereocenters. The van der Waals surface area contributed by atoms with Crippen LogP contribution in [0.4, 0.5) is 4.39 Å². The molecule has 0 unspecified atom stereocenters. The maximum atomic E-state index is 14.3. The summed E-state index contributed by atoms with van der Waals surface area (Å²) in [7, 11) is -3.22. The van der Waals surface area contributed by atoms with E-state index >= 15 is 0 Å². The van der Waals surface area contributed by atoms with E-state index in [1.54, 1.807) is 31.2 Å². The molecule has 0 saturated carbocycles. The lowest BCUT2D eigenvalue weighted by Gasteiger charge is -2.28. The molecule has 1 aliphatic heterocycles. The highest BCUT2D eigenvalue weighted by atomic mass is 79.9. The Hall–Kier alpha value is -2.19. The van der Waals surface area contributed by atoms with Gasteiger partial charge in [0.1, 0.15) is 11.4 Å². The van der Waals surface area contributed by atoms with Gasteiger partial charge < -0.3 is 9.32 Å². The van der Waals surface area contributed by atoms with Crippen molar-refractivity contribution in [2.75, 3.05) is 11.5 Å². The molecule has 1 amide bonds. The van der Waals surface area contributed by atoms with Crippen LogP contribution < -0.4 is 0 Å². The van der Waals surface area contributed by atoms with Crippen LogP contribution in [0.15, 0.2) is 51.4 Å². The fourth-order valence-electron chi connectivity index (χ4n) is 3.73. The van der Waals surface area contributed by atoms with Crippen LogP contribution in [-0.4, -0.2) is 36.8 Å². The number of hydrogen-bond acceptors (Lipinski definition) is 4. The first-order valence-corrected chi connectivity index (χ1v) is 11.8. The Morgan fingerprint density at radius 3 is 2.72 bits per heavy atom. The summed E-state index contributed by atoms with van der Waals surface area (Å²) >= 11 is 3.42. The number of fused-ring (bicyclic) bond motifs is 1. The third-order valence-corrected chi connectivity index (χ3v) is 7.54. The van der Waals surface area contributed by atoms with Gasteiger partial charge >= 0.3 is 0 Å². The first kappa shape index (κ1) is 20.1. The molecule has 1 saturated heterocycles. The Morgan fingerprint density at radius 1 is 1.28 bits per heavy atom. The van der Waals surface area contributed by atoms with Crippen LogP contribution >= 0.6 is 15.9 Å². The van der Waals surface area contributed by atoms with Gasteiger partial charge in [0.2, 0.25) is 0 Å². The number of benzene rings is 2. The summed E-state index contributed by atoms with van der Waals surface area (Å²) in [4.78, 5) is 14.9. The van der Waals surface area contributed by atoms with Crippen LogP contribution in [0.5, 0.6) is 0 Å². The van der Waals surface area contributed by atoms with Crippen molar-refractivity contribution in [3.8, 4) is 0 Å². The van der Waals surface area contributed by atoms with Crippen LogP contribution in [0.1, 0.15) is 28.1 Å². The largest absolute Gasteiger partial charge is 0.451 e. The number of aryl methyl sites for hydroxylation is 1. The SMILES string of the molecule is Cc1c(C(=O)N(Cc2ccccc2F)[C@@H]2CCS(=O)(=O)C2)oc2ccc(Br)cc12. The smallest absolute Gasteiger partial charge is 0.290 e. The normalized spacial score (nSPS) is 18.2. The van der Waals surface area contributed by atoms with E-state index in [0.29, 0.717) is 23.1 Å². The zero-order chi connectivity index (χ0) is 20.8. The maximum absolute atomic E-state index is 14.3. The Bertz CT molecular complexity index is 1200. The van der Waals surface area contributed by atoms with Crippen molar-refractivity contribution in [3.05, 3.63) is 69.6 Å². The molecule has 1 aliphatic rings. The highest BCUT2D eigenvalue weighted by molar-refractivity contribution is 9.10. The van der Waals surface area contributed by atoms with E-state index in [-0.39, 0.29) is 23.8 Å². The van der Waals surface area contributed by atoms with Gasteiger partial charge in [-0.1, -0.05) is 34.1 Å². The van der Waals surface area contributed by atoms with E-state index in [4.69, 9.17) is 4.42 Å². The lowest BCUT2D eigenvalue weighted by Crippen LogP contribution is -2.41. The van der Waals surface area contributed by atoms with Gasteiger partial charge in [-0.15, -0.1) is 0 Å². The molecule has 5 nitrogen and oxygen atoms in total. The van der Waals surface area contributed by atoms with E-state index in [9.17, 15) is 17.6 Å². The number of carbonyl (C=O) groups excluding carboxylic acids is 1. The van der Waals surface area contributed by atoms with Crippen molar-refractivity contribution in [1.82, 2.24) is 4.90 Å². The summed E-state index contributed by atoms with van der Waals surface area (Å²) in [6.07, 6.45) is 0.327.